The highest BCUT2D eigenvalue weighted by atomic mass is 35.5. The van der Waals surface area contributed by atoms with Crippen LogP contribution < -0.4 is 5.32 Å². The summed E-state index contributed by atoms with van der Waals surface area (Å²) in [5.74, 6) is -1.99. The summed E-state index contributed by atoms with van der Waals surface area (Å²) in [7, 11) is 0. The Labute approximate surface area is 149 Å². The first-order chi connectivity index (χ1) is 11.3. The summed E-state index contributed by atoms with van der Waals surface area (Å²) in [4.78, 5) is 34.2. The summed E-state index contributed by atoms with van der Waals surface area (Å²) in [5.41, 5.74) is 0.683. The van der Waals surface area contributed by atoms with Gasteiger partial charge >= 0.3 is 11.9 Å². The average molecular weight is 374 g/mol. The number of rotatable bonds is 7. The van der Waals surface area contributed by atoms with Gasteiger partial charge < -0.3 is 14.8 Å². The molecule has 0 fully saturated rings. The van der Waals surface area contributed by atoms with Crippen molar-refractivity contribution >= 4 is 41.0 Å². The molecule has 1 aromatic rings. The minimum Gasteiger partial charge on any atom is -0.463 e. The van der Waals surface area contributed by atoms with Crippen LogP contribution in [0.15, 0.2) is 30.4 Å². The fourth-order valence-electron chi connectivity index (χ4n) is 1.72. The molecule has 8 heteroatoms. The van der Waals surface area contributed by atoms with Crippen LogP contribution >= 0.6 is 23.2 Å². The highest BCUT2D eigenvalue weighted by Crippen LogP contribution is 2.25. The summed E-state index contributed by atoms with van der Waals surface area (Å²) in [6.07, 6.45) is 1.82. The van der Waals surface area contributed by atoms with Crippen LogP contribution in [-0.2, 0) is 23.9 Å². The predicted molar refractivity (Wildman–Crippen MR) is 89.8 cm³/mol. The van der Waals surface area contributed by atoms with E-state index < -0.39 is 30.5 Å². The molecule has 1 atom stereocenters. The van der Waals surface area contributed by atoms with Crippen molar-refractivity contribution in [2.45, 2.75) is 19.9 Å². The number of ether oxygens (including phenoxy) is 2. The van der Waals surface area contributed by atoms with Crippen LogP contribution in [0.3, 0.4) is 0 Å². The van der Waals surface area contributed by atoms with E-state index in [1.165, 1.54) is 0 Å². The molecule has 0 saturated carbocycles. The van der Waals surface area contributed by atoms with E-state index >= 15 is 0 Å². The van der Waals surface area contributed by atoms with Crippen LogP contribution in [0.2, 0.25) is 10.0 Å². The van der Waals surface area contributed by atoms with Gasteiger partial charge in [0.15, 0.2) is 6.61 Å². The Kier molecular flexibility index (Phi) is 8.29. The number of hydrogen-bond acceptors (Lipinski definition) is 5. The topological polar surface area (TPSA) is 81.7 Å². The number of nitrogens with one attached hydrogen (secondary N) is 1. The zero-order chi connectivity index (χ0) is 18.1. The van der Waals surface area contributed by atoms with E-state index in [9.17, 15) is 14.4 Å². The number of benzene rings is 1. The molecule has 24 heavy (non-hydrogen) atoms. The molecule has 0 aliphatic rings. The van der Waals surface area contributed by atoms with E-state index in [0.29, 0.717) is 15.6 Å². The Morgan fingerprint density at radius 3 is 2.38 bits per heavy atom. The molecule has 0 radical (unpaired) electrons. The average Bonchev–Trinajstić information content (AvgIpc) is 2.51. The first-order valence-electron chi connectivity index (χ1n) is 7.09. The molecule has 1 amide bonds. The van der Waals surface area contributed by atoms with Gasteiger partial charge in [-0.05, 0) is 31.5 Å². The van der Waals surface area contributed by atoms with Gasteiger partial charge in [-0.15, -0.1) is 0 Å². The molecular weight excluding hydrogens is 357 g/mol. The molecule has 1 aromatic carbocycles. The normalized spacial score (nSPS) is 11.8. The van der Waals surface area contributed by atoms with Gasteiger partial charge in [0.1, 0.15) is 0 Å². The first-order valence-corrected chi connectivity index (χ1v) is 7.85. The van der Waals surface area contributed by atoms with Crippen LogP contribution in [0.1, 0.15) is 25.5 Å². The highest BCUT2D eigenvalue weighted by molar-refractivity contribution is 6.35. The maximum atomic E-state index is 11.8. The fraction of sp³-hybridized carbons (Fsp3) is 0.312. The molecule has 0 aromatic heterocycles. The number of carbonyl (C=O) groups excluding carboxylic acids is 3. The lowest BCUT2D eigenvalue weighted by molar-refractivity contribution is -0.144. The summed E-state index contributed by atoms with van der Waals surface area (Å²) in [6, 6.07) is 4.53. The van der Waals surface area contributed by atoms with E-state index in [1.54, 1.807) is 32.0 Å². The second-order valence-electron chi connectivity index (χ2n) is 4.65. The van der Waals surface area contributed by atoms with Crippen molar-refractivity contribution in [3.63, 3.8) is 0 Å². The Bertz CT molecular complexity index is 645. The lowest BCUT2D eigenvalue weighted by atomic mass is 10.1. The Morgan fingerprint density at radius 2 is 1.79 bits per heavy atom. The molecule has 0 saturated heterocycles. The number of esters is 2. The van der Waals surface area contributed by atoms with Gasteiger partial charge in [-0.3, -0.25) is 4.79 Å². The molecular formula is C16H17Cl2NO5. The number of halogens is 2. The van der Waals surface area contributed by atoms with Crippen LogP contribution in [0.5, 0.6) is 0 Å². The highest BCUT2D eigenvalue weighted by Gasteiger charge is 2.14. The zero-order valence-electron chi connectivity index (χ0n) is 13.2. The molecule has 0 heterocycles. The van der Waals surface area contributed by atoms with Crippen molar-refractivity contribution in [3.05, 3.63) is 46.0 Å². The van der Waals surface area contributed by atoms with Gasteiger partial charge in [0.05, 0.1) is 12.6 Å². The molecule has 1 N–H and O–H groups in total. The predicted octanol–water partition coefficient (Wildman–Crippen LogP) is 2.83. The quantitative estimate of drug-likeness (QED) is 0.586. The SMILES string of the molecule is CCOC(=O)/C=C/C(=O)OCC(=O)N[C@H](C)c1ccc(Cl)cc1Cl. The molecule has 6 nitrogen and oxygen atoms in total. The molecule has 0 bridgehead atoms. The standard InChI is InChI=1S/C16H17Cl2NO5/c1-3-23-15(21)6-7-16(22)24-9-14(20)19-10(2)12-5-4-11(17)8-13(12)18/h4-8,10H,3,9H2,1-2H3,(H,19,20)/b7-6+/t10-/m1/s1. The summed E-state index contributed by atoms with van der Waals surface area (Å²) in [6.45, 7) is 3.09. The minimum absolute atomic E-state index is 0.200. The maximum absolute atomic E-state index is 11.8. The molecule has 1 rings (SSSR count). The number of amides is 1. The monoisotopic (exact) mass is 373 g/mol. The summed E-state index contributed by atoms with van der Waals surface area (Å²) >= 11 is 11.9. The van der Waals surface area contributed by atoms with Gasteiger partial charge in [-0.25, -0.2) is 9.59 Å². The second-order valence-corrected chi connectivity index (χ2v) is 5.49. The molecule has 0 unspecified atom stereocenters. The third-order valence-electron chi connectivity index (χ3n) is 2.79. The van der Waals surface area contributed by atoms with Gasteiger partial charge in [0, 0.05) is 22.2 Å². The Morgan fingerprint density at radius 1 is 1.17 bits per heavy atom. The van der Waals surface area contributed by atoms with Gasteiger partial charge in [-0.2, -0.15) is 0 Å². The Hall–Kier alpha value is -2.05. The molecule has 0 aliphatic carbocycles. The third kappa shape index (κ3) is 7.02. The van der Waals surface area contributed by atoms with Crippen molar-refractivity contribution in [3.8, 4) is 0 Å². The van der Waals surface area contributed by atoms with Crippen molar-refractivity contribution in [1.82, 2.24) is 5.32 Å². The van der Waals surface area contributed by atoms with Crippen LogP contribution in [0, 0.1) is 0 Å². The lowest BCUT2D eigenvalue weighted by Gasteiger charge is -2.15. The molecule has 0 aliphatic heterocycles. The van der Waals surface area contributed by atoms with Crippen molar-refractivity contribution in [2.75, 3.05) is 13.2 Å². The van der Waals surface area contributed by atoms with E-state index in [-0.39, 0.29) is 6.61 Å². The van der Waals surface area contributed by atoms with Crippen LogP contribution in [-0.4, -0.2) is 31.1 Å². The van der Waals surface area contributed by atoms with Crippen LogP contribution in [0.25, 0.3) is 0 Å². The van der Waals surface area contributed by atoms with Crippen molar-refractivity contribution in [1.29, 1.82) is 0 Å². The lowest BCUT2D eigenvalue weighted by Crippen LogP contribution is -2.31. The minimum atomic E-state index is -0.824. The molecule has 0 spiro atoms. The van der Waals surface area contributed by atoms with E-state index in [4.69, 9.17) is 27.9 Å². The van der Waals surface area contributed by atoms with E-state index in [0.717, 1.165) is 12.2 Å². The van der Waals surface area contributed by atoms with Crippen molar-refractivity contribution < 1.29 is 23.9 Å². The largest absolute Gasteiger partial charge is 0.463 e. The van der Waals surface area contributed by atoms with Crippen LogP contribution in [0.4, 0.5) is 0 Å². The van der Waals surface area contributed by atoms with E-state index in [1.807, 2.05) is 0 Å². The summed E-state index contributed by atoms with van der Waals surface area (Å²) < 4.78 is 9.32. The molecule has 130 valence electrons. The van der Waals surface area contributed by atoms with E-state index in [2.05, 4.69) is 10.1 Å². The van der Waals surface area contributed by atoms with Gasteiger partial charge in [-0.1, -0.05) is 29.3 Å². The third-order valence-corrected chi connectivity index (χ3v) is 3.36. The van der Waals surface area contributed by atoms with Crippen molar-refractivity contribution in [2.24, 2.45) is 0 Å². The zero-order valence-corrected chi connectivity index (χ0v) is 14.7. The second kappa shape index (κ2) is 9.95. The maximum Gasteiger partial charge on any atom is 0.331 e. The first kappa shape index (κ1) is 20.0. The summed E-state index contributed by atoms with van der Waals surface area (Å²) in [5, 5.41) is 3.55. The number of hydrogen-bond donors (Lipinski definition) is 1. The van der Waals surface area contributed by atoms with Gasteiger partial charge in [0.2, 0.25) is 0 Å². The fourth-order valence-corrected chi connectivity index (χ4v) is 2.30. The number of carbonyl (C=O) groups is 3. The van der Waals surface area contributed by atoms with Gasteiger partial charge in [0.25, 0.3) is 5.91 Å². The Balaban J connectivity index is 2.45. The smallest absolute Gasteiger partial charge is 0.331 e.